The van der Waals surface area contributed by atoms with Crippen LogP contribution in [0.4, 0.5) is 0 Å². The average molecular weight is 531 g/mol. The number of primary amides is 1. The van der Waals surface area contributed by atoms with Crippen LogP contribution in [0.15, 0.2) is 53.3 Å². The van der Waals surface area contributed by atoms with Crippen molar-refractivity contribution in [3.8, 4) is 23.3 Å². The van der Waals surface area contributed by atoms with E-state index in [1.807, 2.05) is 0 Å². The van der Waals surface area contributed by atoms with Gasteiger partial charge in [-0.2, -0.15) is 0 Å². The van der Waals surface area contributed by atoms with Crippen molar-refractivity contribution in [3.05, 3.63) is 75.6 Å². The number of aliphatic hydroxyl groups is 3. The highest BCUT2D eigenvalue weighted by Crippen LogP contribution is 2.52. The number of likely N-dealkylation sites (N-methyl/N-ethyl adjacent to an activating group) is 1. The number of fused-ring (bicyclic) bond motifs is 3. The quantitative estimate of drug-likeness (QED) is 0.244. The summed E-state index contributed by atoms with van der Waals surface area (Å²) in [6.45, 7) is 0. The van der Waals surface area contributed by atoms with Gasteiger partial charge in [-0.3, -0.25) is 19.3 Å². The summed E-state index contributed by atoms with van der Waals surface area (Å²) in [5.74, 6) is -1.08. The van der Waals surface area contributed by atoms with Gasteiger partial charge in [-0.25, -0.2) is 0 Å². The van der Waals surface area contributed by atoms with E-state index in [1.165, 1.54) is 23.1 Å². The number of ketones is 2. The molecule has 0 unspecified atom stereocenters. The van der Waals surface area contributed by atoms with E-state index in [9.17, 15) is 39.9 Å². The van der Waals surface area contributed by atoms with Crippen LogP contribution < -0.4 is 5.73 Å². The molecule has 2 aromatic carbocycles. The lowest BCUT2D eigenvalue weighted by atomic mass is 9.57. The fourth-order valence-corrected chi connectivity index (χ4v) is 6.08. The molecule has 2 aromatic rings. The summed E-state index contributed by atoms with van der Waals surface area (Å²) >= 11 is 0. The Bertz CT molecular complexity index is 1590. The Balaban J connectivity index is 1.69. The van der Waals surface area contributed by atoms with E-state index in [-0.39, 0.29) is 35.5 Å². The zero-order valence-corrected chi connectivity index (χ0v) is 21.1. The van der Waals surface area contributed by atoms with Crippen molar-refractivity contribution in [2.75, 3.05) is 14.1 Å². The summed E-state index contributed by atoms with van der Waals surface area (Å²) < 4.78 is 0. The number of rotatable bonds is 2. The first kappa shape index (κ1) is 26.0. The van der Waals surface area contributed by atoms with Crippen LogP contribution in [0.1, 0.15) is 28.7 Å². The maximum absolute atomic E-state index is 13.9. The molecule has 4 atom stereocenters. The van der Waals surface area contributed by atoms with E-state index in [1.54, 1.807) is 32.3 Å². The summed E-state index contributed by atoms with van der Waals surface area (Å²) in [5, 5.41) is 54.2. The molecule has 1 saturated carbocycles. The second kappa shape index (κ2) is 9.01. The Labute approximate surface area is 223 Å². The Morgan fingerprint density at radius 2 is 1.79 bits per heavy atom. The second-order valence-electron chi connectivity index (χ2n) is 10.2. The zero-order chi connectivity index (χ0) is 28.4. The fraction of sp³-hybridized carbons (Fsp3) is 0.276. The number of hydrogen-bond acceptors (Lipinski definition) is 9. The van der Waals surface area contributed by atoms with Crippen molar-refractivity contribution in [2.45, 2.75) is 24.5 Å². The number of benzene rings is 2. The van der Waals surface area contributed by atoms with Crippen LogP contribution in [0.5, 0.6) is 11.5 Å². The molecule has 3 aliphatic rings. The lowest BCUT2D eigenvalue weighted by Gasteiger charge is -2.50. The van der Waals surface area contributed by atoms with Crippen LogP contribution in [0.3, 0.4) is 0 Å². The molecule has 1 amide bonds. The fourth-order valence-electron chi connectivity index (χ4n) is 6.08. The van der Waals surface area contributed by atoms with Gasteiger partial charge in [0.2, 0.25) is 5.78 Å². The third kappa shape index (κ3) is 3.78. The highest BCUT2D eigenvalue weighted by Gasteiger charge is 2.64. The number of nitrogens with zero attached hydrogens (tertiary/aromatic N) is 1. The molecule has 0 saturated heterocycles. The lowest BCUT2D eigenvalue weighted by molar-refractivity contribution is -0.153. The average Bonchev–Trinajstić information content (AvgIpc) is 2.85. The third-order valence-corrected chi connectivity index (χ3v) is 7.79. The number of carbonyl (C=O) groups is 3. The van der Waals surface area contributed by atoms with Crippen molar-refractivity contribution in [2.24, 2.45) is 17.6 Å². The van der Waals surface area contributed by atoms with Crippen molar-refractivity contribution >= 4 is 23.2 Å². The van der Waals surface area contributed by atoms with Crippen molar-refractivity contribution in [3.63, 3.8) is 0 Å². The summed E-state index contributed by atoms with van der Waals surface area (Å²) in [6, 6.07) is 8.07. The summed E-state index contributed by atoms with van der Waals surface area (Å²) in [7, 11) is 3.08. The van der Waals surface area contributed by atoms with Gasteiger partial charge in [0.05, 0.1) is 11.6 Å². The minimum absolute atomic E-state index is 0.0131. The topological polar surface area (TPSA) is 182 Å². The van der Waals surface area contributed by atoms with Gasteiger partial charge >= 0.3 is 0 Å². The highest BCUT2D eigenvalue weighted by atomic mass is 16.3. The maximum atomic E-state index is 13.9. The largest absolute Gasteiger partial charge is 0.508 e. The smallest absolute Gasteiger partial charge is 0.255 e. The molecular formula is C29H26N2O8. The molecule has 7 N–H and O–H groups in total. The molecule has 0 heterocycles. The first-order valence-corrected chi connectivity index (χ1v) is 12.2. The van der Waals surface area contributed by atoms with Gasteiger partial charge in [0.1, 0.15) is 28.6 Å². The molecule has 10 nitrogen and oxygen atoms in total. The summed E-state index contributed by atoms with van der Waals surface area (Å²) in [6.07, 6.45) is 0.119. The van der Waals surface area contributed by atoms with Gasteiger partial charge in [0.15, 0.2) is 11.4 Å². The molecule has 0 aliphatic heterocycles. The third-order valence-electron chi connectivity index (χ3n) is 7.79. The molecule has 0 radical (unpaired) electrons. The molecule has 1 fully saturated rings. The number of Topliss-reactive ketones (excluding diaryl/α,β-unsaturated/α-hetero) is 2. The number of hydrogen-bond donors (Lipinski definition) is 6. The van der Waals surface area contributed by atoms with Gasteiger partial charge < -0.3 is 31.3 Å². The van der Waals surface area contributed by atoms with E-state index in [4.69, 9.17) is 5.73 Å². The summed E-state index contributed by atoms with van der Waals surface area (Å²) in [4.78, 5) is 40.5. The molecule has 3 aliphatic carbocycles. The monoisotopic (exact) mass is 530 g/mol. The van der Waals surface area contributed by atoms with Gasteiger partial charge in [-0.05, 0) is 68.8 Å². The predicted octanol–water partition coefficient (Wildman–Crippen LogP) is 1.07. The van der Waals surface area contributed by atoms with Crippen LogP contribution >= 0.6 is 0 Å². The first-order valence-electron chi connectivity index (χ1n) is 12.2. The number of nitrogens with two attached hydrogens (primary N) is 1. The number of aromatic hydroxyl groups is 2. The molecule has 10 heteroatoms. The van der Waals surface area contributed by atoms with Gasteiger partial charge in [0.25, 0.3) is 5.91 Å². The zero-order valence-electron chi connectivity index (χ0n) is 21.1. The number of phenols is 2. The van der Waals surface area contributed by atoms with Crippen LogP contribution in [0, 0.1) is 23.7 Å². The molecular weight excluding hydrogens is 504 g/mol. The Hall–Kier alpha value is -4.59. The summed E-state index contributed by atoms with van der Waals surface area (Å²) in [5.41, 5.74) is 3.00. The van der Waals surface area contributed by atoms with Gasteiger partial charge in [-0.15, -0.1) is 0 Å². The van der Waals surface area contributed by atoms with Gasteiger partial charge in [-0.1, -0.05) is 17.9 Å². The highest BCUT2D eigenvalue weighted by molar-refractivity contribution is 6.24. The van der Waals surface area contributed by atoms with Crippen molar-refractivity contribution in [1.82, 2.24) is 4.90 Å². The predicted molar refractivity (Wildman–Crippen MR) is 138 cm³/mol. The minimum Gasteiger partial charge on any atom is -0.508 e. The normalized spacial score (nSPS) is 26.0. The molecule has 0 bridgehead atoms. The molecule has 5 rings (SSSR count). The molecule has 0 aromatic heterocycles. The maximum Gasteiger partial charge on any atom is 0.255 e. The number of phenolic OH excluding ortho intramolecular Hbond substituents is 2. The second-order valence-corrected chi connectivity index (χ2v) is 10.2. The van der Waals surface area contributed by atoms with Crippen molar-refractivity contribution < 1.29 is 39.9 Å². The Kier molecular flexibility index (Phi) is 6.01. The molecule has 0 spiro atoms. The van der Waals surface area contributed by atoms with Crippen molar-refractivity contribution in [1.29, 1.82) is 0 Å². The van der Waals surface area contributed by atoms with E-state index in [2.05, 4.69) is 11.8 Å². The first-order chi connectivity index (χ1) is 18.4. The van der Waals surface area contributed by atoms with Crippen LogP contribution in [-0.2, 0) is 20.8 Å². The SMILES string of the molecule is CN(C)[C@H]1C(=O)C(C(N)=O)=C(O)[C@]2(O)C(=O)C3=C(O)c4c(O)ccc(C#Cc5cccc(O)c5)c4C[C@@H]3C[C@H]12. The Morgan fingerprint density at radius 3 is 2.44 bits per heavy atom. The minimum atomic E-state index is -2.69. The number of amides is 1. The lowest BCUT2D eigenvalue weighted by Crippen LogP contribution is -2.65. The van der Waals surface area contributed by atoms with Gasteiger partial charge in [0, 0.05) is 22.6 Å². The van der Waals surface area contributed by atoms with E-state index < -0.39 is 58.0 Å². The number of carbonyl (C=O) groups excluding carboxylic acids is 3. The molecule has 39 heavy (non-hydrogen) atoms. The Morgan fingerprint density at radius 1 is 1.08 bits per heavy atom. The van der Waals surface area contributed by atoms with Crippen LogP contribution in [-0.4, -0.2) is 73.6 Å². The molecule has 200 valence electrons. The van der Waals surface area contributed by atoms with E-state index in [0.717, 1.165) is 0 Å². The number of aliphatic hydroxyl groups excluding tert-OH is 2. The van der Waals surface area contributed by atoms with Crippen LogP contribution in [0.2, 0.25) is 0 Å². The van der Waals surface area contributed by atoms with Crippen LogP contribution in [0.25, 0.3) is 5.76 Å². The standard InChI is InChI=1S/C29H26N2O8/c1-31(2)23-18-12-15-11-17-14(7-6-13-4-3-5-16(32)10-13)8-9-19(33)21(17)24(34)20(15)26(36)29(18,39)27(37)22(25(23)35)28(30)38/h3-5,8-10,15,18,23,32-34,37,39H,11-12H2,1-2H3,(H2,30,38)/t15-,18-,23-,29-/m1/s1. The van der Waals surface area contributed by atoms with E-state index in [0.29, 0.717) is 16.7 Å². The van der Waals surface area contributed by atoms with E-state index >= 15 is 0 Å².